The minimum absolute atomic E-state index is 0.159. The number of hydrogen-bond donors (Lipinski definition) is 0. The Morgan fingerprint density at radius 1 is 0.202 bits per heavy atom. The van der Waals surface area contributed by atoms with Crippen LogP contribution < -0.4 is 9.80 Å². The molecule has 0 radical (unpaired) electrons. The first-order valence-electron chi connectivity index (χ1n) is 34.8. The zero-order chi connectivity index (χ0) is 65.3. The number of fused-ring (bicyclic) bond motifs is 26. The van der Waals surface area contributed by atoms with Crippen molar-refractivity contribution in [1.82, 2.24) is 0 Å². The summed E-state index contributed by atoms with van der Waals surface area (Å²) in [6, 6.07) is 133. The van der Waals surface area contributed by atoms with Crippen molar-refractivity contribution in [3.05, 3.63) is 407 Å². The highest BCUT2D eigenvalue weighted by atomic mass is 15.2. The molecule has 0 amide bonds. The molecule has 0 saturated carbocycles. The number of anilines is 6. The first-order valence-corrected chi connectivity index (χ1v) is 34.8. The molecule has 1 atom stereocenters. The van der Waals surface area contributed by atoms with Gasteiger partial charge in [0.05, 0.1) is 16.5 Å². The normalized spacial score (nSPS) is 15.2. The quantitative estimate of drug-likeness (QED) is 0.140. The fourth-order valence-corrected chi connectivity index (χ4v) is 18.9. The molecule has 1 unspecified atom stereocenters. The summed E-state index contributed by atoms with van der Waals surface area (Å²) in [5, 5.41) is 5.06. The first kappa shape index (κ1) is 55.9. The van der Waals surface area contributed by atoms with Crippen LogP contribution in [0.4, 0.5) is 34.1 Å². The number of rotatable bonds is 8. The van der Waals surface area contributed by atoms with E-state index in [9.17, 15) is 0 Å². The second-order valence-corrected chi connectivity index (χ2v) is 28.1. The minimum atomic E-state index is -0.603. The van der Waals surface area contributed by atoms with Crippen molar-refractivity contribution >= 4 is 55.7 Å². The van der Waals surface area contributed by atoms with Crippen LogP contribution in [-0.2, 0) is 16.2 Å². The van der Waals surface area contributed by atoms with Gasteiger partial charge in [0.15, 0.2) is 0 Å². The maximum Gasteiger partial charge on any atom is 0.0726 e. The van der Waals surface area contributed by atoms with Crippen molar-refractivity contribution < 1.29 is 0 Å². The van der Waals surface area contributed by atoms with Crippen molar-refractivity contribution in [1.29, 1.82) is 0 Å². The smallest absolute Gasteiger partial charge is 0.0726 e. The van der Waals surface area contributed by atoms with Crippen molar-refractivity contribution in [2.45, 2.75) is 30.1 Å². The molecule has 0 saturated heterocycles. The van der Waals surface area contributed by atoms with Gasteiger partial charge in [-0.3, -0.25) is 0 Å². The molecule has 5 aliphatic carbocycles. The van der Waals surface area contributed by atoms with Crippen molar-refractivity contribution in [3.63, 3.8) is 0 Å². The lowest BCUT2D eigenvalue weighted by Crippen LogP contribution is -2.26. The third-order valence-corrected chi connectivity index (χ3v) is 23.1. The zero-order valence-electron chi connectivity index (χ0n) is 54.9. The fraction of sp³-hybridized carbons (Fsp3) is 0.0515. The van der Waals surface area contributed by atoms with Crippen LogP contribution in [-0.4, -0.2) is 0 Å². The summed E-state index contributed by atoms with van der Waals surface area (Å²) in [6.45, 7) is 4.77. The Morgan fingerprint density at radius 3 is 1.32 bits per heavy atom. The lowest BCUT2D eigenvalue weighted by Gasteiger charge is -2.32. The monoisotopic (exact) mass is 1260 g/mol. The van der Waals surface area contributed by atoms with Gasteiger partial charge < -0.3 is 9.80 Å². The molecule has 0 bridgehead atoms. The Morgan fingerprint density at radius 2 is 0.626 bits per heavy atom. The van der Waals surface area contributed by atoms with Crippen LogP contribution in [0.2, 0.25) is 0 Å². The van der Waals surface area contributed by atoms with Crippen LogP contribution >= 0.6 is 0 Å². The van der Waals surface area contributed by atoms with Crippen LogP contribution in [0.5, 0.6) is 0 Å². The van der Waals surface area contributed by atoms with Crippen molar-refractivity contribution in [2.24, 2.45) is 0 Å². The molecule has 21 rings (SSSR count). The average molecular weight is 1260 g/mol. The van der Waals surface area contributed by atoms with Crippen LogP contribution in [0.1, 0.15) is 69.5 Å². The van der Waals surface area contributed by atoms with Crippen LogP contribution in [0.3, 0.4) is 0 Å². The molecule has 16 aromatic rings. The molecule has 16 aromatic carbocycles. The molecule has 2 nitrogen and oxygen atoms in total. The van der Waals surface area contributed by atoms with Gasteiger partial charge in [0.2, 0.25) is 0 Å². The molecule has 99 heavy (non-hydrogen) atoms. The lowest BCUT2D eigenvalue weighted by atomic mass is 9.70. The molecule has 0 fully saturated rings. The van der Waals surface area contributed by atoms with E-state index in [2.05, 4.69) is 375 Å². The summed E-state index contributed by atoms with van der Waals surface area (Å²) in [6.07, 6.45) is 0. The van der Waals surface area contributed by atoms with Gasteiger partial charge in [-0.2, -0.15) is 0 Å². The standard InChI is InChI=1S/C97H64N2/c1-95(2)82-35-16-11-29-74(82)78-54-51-70(59-90(78)95)99(67-26-7-4-8-27-67)92-42-22-41-89-94(92)79-33-15-20-39-86(79)96(89)85-38-19-14-32-77(85)81-58-65(48-56-87(81)96)73-34-21-40-88-93(73)80-55-52-69(60-91(80)97(88)83-36-17-12-30-75(83)76-31-13-18-37-84(76)97)98(66-24-5-3-6-25-66)68-49-45-61(46-50-68)63-47-53-72-64(57-63)44-43-62-23-9-10-28-71(62)72/h3-60H,1-2H3. The molecule has 2 heteroatoms. The SMILES string of the molecule is CC1(C)c2ccccc2-c2ccc(N(c3ccccc3)c3cccc4c3-c3ccccc3C43c4ccccc4-c4cc(-c5cccc6c5-c5ccc(N(c7ccccc7)c7ccc(-c8ccc9c(ccc%10ccccc%109)c8)cc7)cc5C65c6ccccc6-c6ccccc65)ccc43)cc21. The van der Waals surface area contributed by atoms with Gasteiger partial charge in [-0.1, -0.05) is 287 Å². The van der Waals surface area contributed by atoms with E-state index < -0.39 is 10.8 Å². The highest BCUT2D eigenvalue weighted by molar-refractivity contribution is 6.09. The van der Waals surface area contributed by atoms with Gasteiger partial charge in [0, 0.05) is 39.4 Å². The summed E-state index contributed by atoms with van der Waals surface area (Å²) in [7, 11) is 0. The Hall–Kier alpha value is -12.4. The largest absolute Gasteiger partial charge is 0.310 e. The summed E-state index contributed by atoms with van der Waals surface area (Å²) in [4.78, 5) is 4.97. The minimum Gasteiger partial charge on any atom is -0.310 e. The fourth-order valence-electron chi connectivity index (χ4n) is 18.9. The van der Waals surface area contributed by atoms with E-state index in [0.717, 1.165) is 28.4 Å². The molecule has 0 aliphatic heterocycles. The third kappa shape index (κ3) is 7.61. The molecule has 5 aliphatic rings. The number of nitrogens with zero attached hydrogens (tertiary/aromatic N) is 2. The molecule has 2 spiro atoms. The average Bonchev–Trinajstić information content (AvgIpc) is 1.50. The predicted octanol–water partition coefficient (Wildman–Crippen LogP) is 25.3. The topological polar surface area (TPSA) is 6.48 Å². The van der Waals surface area contributed by atoms with Gasteiger partial charge in [0.1, 0.15) is 0 Å². The van der Waals surface area contributed by atoms with Gasteiger partial charge >= 0.3 is 0 Å². The number of hydrogen-bond acceptors (Lipinski definition) is 2. The second-order valence-electron chi connectivity index (χ2n) is 28.1. The van der Waals surface area contributed by atoms with E-state index in [1.54, 1.807) is 0 Å². The van der Waals surface area contributed by atoms with Gasteiger partial charge in [-0.25, -0.2) is 0 Å². The highest BCUT2D eigenvalue weighted by Gasteiger charge is 2.55. The molecule has 0 N–H and O–H groups in total. The second kappa shape index (κ2) is 20.8. The Bertz CT molecular complexity index is 6050. The first-order chi connectivity index (χ1) is 48.9. The predicted molar refractivity (Wildman–Crippen MR) is 412 cm³/mol. The van der Waals surface area contributed by atoms with Crippen molar-refractivity contribution in [3.8, 4) is 77.9 Å². The van der Waals surface area contributed by atoms with Crippen LogP contribution in [0.25, 0.3) is 99.4 Å². The van der Waals surface area contributed by atoms with Gasteiger partial charge in [0.25, 0.3) is 0 Å². The molecular formula is C97H64N2. The number of para-hydroxylation sites is 2. The van der Waals surface area contributed by atoms with E-state index in [1.165, 1.54) is 161 Å². The summed E-state index contributed by atoms with van der Waals surface area (Å²) < 4.78 is 0. The van der Waals surface area contributed by atoms with E-state index in [1.807, 2.05) is 0 Å². The molecule has 0 aromatic heterocycles. The lowest BCUT2D eigenvalue weighted by molar-refractivity contribution is 0.660. The number of benzene rings is 16. The van der Waals surface area contributed by atoms with Crippen LogP contribution in [0.15, 0.2) is 352 Å². The van der Waals surface area contributed by atoms with E-state index >= 15 is 0 Å². The van der Waals surface area contributed by atoms with Gasteiger partial charge in [-0.15, -0.1) is 0 Å². The highest BCUT2D eigenvalue weighted by Crippen LogP contribution is 2.68. The molecule has 0 heterocycles. The summed E-state index contributed by atoms with van der Waals surface area (Å²) >= 11 is 0. The Kier molecular flexibility index (Phi) is 11.8. The molecular weight excluding hydrogens is 1190 g/mol. The van der Waals surface area contributed by atoms with Gasteiger partial charge in [-0.05, 0) is 228 Å². The van der Waals surface area contributed by atoms with E-state index in [0.29, 0.717) is 0 Å². The zero-order valence-corrected chi connectivity index (χ0v) is 54.9. The summed E-state index contributed by atoms with van der Waals surface area (Å²) in [5.74, 6) is 0. The van der Waals surface area contributed by atoms with Crippen molar-refractivity contribution in [2.75, 3.05) is 9.80 Å². The Balaban J connectivity index is 0.730. The maximum atomic E-state index is 2.54. The molecule has 462 valence electrons. The Labute approximate surface area is 577 Å². The third-order valence-electron chi connectivity index (χ3n) is 23.1. The summed E-state index contributed by atoms with van der Waals surface area (Å²) in [5.41, 5.74) is 36.3. The van der Waals surface area contributed by atoms with Crippen LogP contribution in [0, 0.1) is 0 Å². The van der Waals surface area contributed by atoms with E-state index in [4.69, 9.17) is 0 Å². The van der Waals surface area contributed by atoms with E-state index in [-0.39, 0.29) is 5.41 Å². The maximum absolute atomic E-state index is 2.54.